The zero-order chi connectivity index (χ0) is 26.7. The number of hydrogen-bond donors (Lipinski definition) is 3. The number of fused-ring (bicyclic) bond motifs is 7. The first-order valence-corrected chi connectivity index (χ1v) is 16.4. The van der Waals surface area contributed by atoms with E-state index >= 15 is 0 Å². The average molecular weight is 525 g/mol. The van der Waals surface area contributed by atoms with Gasteiger partial charge >= 0.3 is 7.82 Å². The maximum Gasteiger partial charge on any atom is 0.472 e. The van der Waals surface area contributed by atoms with E-state index in [2.05, 4.69) is 55.4 Å². The number of phosphoric acid groups is 1. The lowest BCUT2D eigenvalue weighted by Gasteiger charge is -2.75. The van der Waals surface area contributed by atoms with E-state index in [0.29, 0.717) is 17.8 Å². The van der Waals surface area contributed by atoms with Crippen molar-refractivity contribution < 1.29 is 24.0 Å². The molecule has 0 spiro atoms. The van der Waals surface area contributed by atoms with Crippen molar-refractivity contribution in [1.29, 1.82) is 0 Å². The van der Waals surface area contributed by atoms with Crippen LogP contribution in [-0.2, 0) is 9.09 Å². The van der Waals surface area contributed by atoms with Gasteiger partial charge in [-0.25, -0.2) is 4.57 Å². The molecule has 0 bridgehead atoms. The highest BCUT2D eigenvalue weighted by Gasteiger charge is 2.74. The molecular formula is C30H53O5P. The zero-order valence-electron chi connectivity index (χ0n) is 24.1. The van der Waals surface area contributed by atoms with E-state index in [1.807, 2.05) is 0 Å². The Morgan fingerprint density at radius 3 is 2.06 bits per heavy atom. The third-order valence-corrected chi connectivity index (χ3v) is 14.9. The minimum Gasteiger partial charge on any atom is -0.365 e. The Hall–Kier alpha value is 0.0700. The molecule has 0 radical (unpaired) electrons. The number of phosphoric ester groups is 1. The summed E-state index contributed by atoms with van der Waals surface area (Å²) >= 11 is 0. The number of hydrogen-bond acceptors (Lipinski definition) is 3. The Morgan fingerprint density at radius 1 is 0.750 bits per heavy atom. The fraction of sp³-hybridized carbons (Fsp3) is 1.00. The standard InChI is InChI=1S/C30H53O5P/c1-19-11-13-26(5)16-17-27(6)21(24(26)20(19)2)9-10-23-28(27,7)14-12-22-25(3,4)15-18-30(31,29(22,23)8)35-36(32,33)34/h19-24,31H,9-18H2,1-8H3,(H2,32,33,34)/t19-,20+,21-,22+,23+,24+,26-,27-,28-,29+,30?/m1/s1. The normalized spacial score (nSPS) is 56.6. The predicted molar refractivity (Wildman–Crippen MR) is 143 cm³/mol. The quantitative estimate of drug-likeness (QED) is 0.257. The van der Waals surface area contributed by atoms with Crippen molar-refractivity contribution in [3.63, 3.8) is 0 Å². The molecule has 5 aliphatic rings. The molecule has 5 rings (SSSR count). The molecule has 11 atom stereocenters. The molecule has 0 aromatic heterocycles. The highest BCUT2D eigenvalue weighted by atomic mass is 31.2. The van der Waals surface area contributed by atoms with Gasteiger partial charge < -0.3 is 14.9 Å². The Kier molecular flexibility index (Phi) is 6.19. The van der Waals surface area contributed by atoms with Crippen LogP contribution in [0.2, 0.25) is 0 Å². The van der Waals surface area contributed by atoms with Gasteiger partial charge in [0.1, 0.15) is 0 Å². The molecule has 6 heteroatoms. The second kappa shape index (κ2) is 8.06. The van der Waals surface area contributed by atoms with Gasteiger partial charge in [0.25, 0.3) is 0 Å². The summed E-state index contributed by atoms with van der Waals surface area (Å²) in [6, 6.07) is 0. The van der Waals surface area contributed by atoms with Gasteiger partial charge in [0.05, 0.1) is 0 Å². The molecule has 0 amide bonds. The minimum atomic E-state index is -4.86. The van der Waals surface area contributed by atoms with Gasteiger partial charge in [-0.05, 0) is 115 Å². The maximum atomic E-state index is 12.2. The fourth-order valence-electron chi connectivity index (χ4n) is 11.9. The summed E-state index contributed by atoms with van der Waals surface area (Å²) in [5, 5.41) is 12.1. The van der Waals surface area contributed by atoms with Crippen molar-refractivity contribution in [3.8, 4) is 0 Å². The van der Waals surface area contributed by atoms with Gasteiger partial charge in [-0.2, -0.15) is 0 Å². The molecule has 3 N–H and O–H groups in total. The third-order valence-electron chi connectivity index (χ3n) is 14.3. The van der Waals surface area contributed by atoms with E-state index in [9.17, 15) is 19.5 Å². The highest BCUT2D eigenvalue weighted by molar-refractivity contribution is 7.46. The van der Waals surface area contributed by atoms with E-state index in [1.54, 1.807) is 0 Å². The van der Waals surface area contributed by atoms with Crippen molar-refractivity contribution in [2.45, 2.75) is 125 Å². The van der Waals surface area contributed by atoms with Crippen molar-refractivity contribution in [3.05, 3.63) is 0 Å². The summed E-state index contributed by atoms with van der Waals surface area (Å²) in [5.74, 6) is 1.42. The van der Waals surface area contributed by atoms with Crippen LogP contribution in [-0.4, -0.2) is 20.7 Å². The molecule has 0 saturated heterocycles. The van der Waals surface area contributed by atoms with Crippen molar-refractivity contribution in [1.82, 2.24) is 0 Å². The second-order valence-electron chi connectivity index (χ2n) is 15.9. The van der Waals surface area contributed by atoms with Gasteiger partial charge in [-0.3, -0.25) is 4.52 Å². The predicted octanol–water partition coefficient (Wildman–Crippen LogP) is 7.54. The largest absolute Gasteiger partial charge is 0.472 e. The lowest BCUT2D eigenvalue weighted by Crippen LogP contribution is -2.72. The van der Waals surface area contributed by atoms with Crippen molar-refractivity contribution >= 4 is 7.82 Å². The Bertz CT molecular complexity index is 946. The van der Waals surface area contributed by atoms with E-state index in [-0.39, 0.29) is 34.5 Å². The second-order valence-corrected chi connectivity index (χ2v) is 17.0. The van der Waals surface area contributed by atoms with Gasteiger partial charge in [0, 0.05) is 11.8 Å². The van der Waals surface area contributed by atoms with Crippen molar-refractivity contribution in [2.75, 3.05) is 0 Å². The van der Waals surface area contributed by atoms with Gasteiger partial charge in [0.2, 0.25) is 0 Å². The number of rotatable bonds is 2. The average Bonchev–Trinajstić information content (AvgIpc) is 2.74. The van der Waals surface area contributed by atoms with E-state index in [0.717, 1.165) is 43.4 Å². The van der Waals surface area contributed by atoms with Crippen LogP contribution in [0.5, 0.6) is 0 Å². The van der Waals surface area contributed by atoms with E-state index in [1.165, 1.54) is 25.7 Å². The van der Waals surface area contributed by atoms with Crippen LogP contribution in [0.25, 0.3) is 0 Å². The van der Waals surface area contributed by atoms with Crippen LogP contribution < -0.4 is 0 Å². The Morgan fingerprint density at radius 2 is 1.42 bits per heavy atom. The SMILES string of the molecule is C[C@@H]1[C@H]2[C@H]3CC[C@@H]4[C@]5(C)[C@@H](CC[C@@]4(C)[C@]3(C)CC[C@@]2(C)CC[C@H]1C)C(C)(C)CCC5(O)OP(=O)(O)O. The summed E-state index contributed by atoms with van der Waals surface area (Å²) in [4.78, 5) is 19.8. The molecule has 5 nitrogen and oxygen atoms in total. The smallest absolute Gasteiger partial charge is 0.365 e. The third kappa shape index (κ3) is 3.51. The first kappa shape index (κ1) is 27.6. The first-order valence-electron chi connectivity index (χ1n) is 14.8. The molecule has 0 aliphatic heterocycles. The minimum absolute atomic E-state index is 0.00254. The molecule has 5 aliphatic carbocycles. The number of aliphatic hydroxyl groups is 1. The molecule has 208 valence electrons. The summed E-state index contributed by atoms with van der Waals surface area (Å²) < 4.78 is 17.6. The summed E-state index contributed by atoms with van der Waals surface area (Å²) in [7, 11) is -4.86. The molecule has 0 heterocycles. The van der Waals surface area contributed by atoms with Crippen LogP contribution in [0.15, 0.2) is 0 Å². The van der Waals surface area contributed by atoms with Gasteiger partial charge in [-0.15, -0.1) is 0 Å². The zero-order valence-corrected chi connectivity index (χ0v) is 25.0. The van der Waals surface area contributed by atoms with Crippen LogP contribution in [0.3, 0.4) is 0 Å². The summed E-state index contributed by atoms with van der Waals surface area (Å²) in [6.45, 7) is 19.3. The lowest BCUT2D eigenvalue weighted by molar-refractivity contribution is -0.346. The molecule has 36 heavy (non-hydrogen) atoms. The molecule has 0 aromatic rings. The monoisotopic (exact) mass is 524 g/mol. The van der Waals surface area contributed by atoms with Crippen LogP contribution >= 0.6 is 7.82 Å². The molecule has 5 fully saturated rings. The van der Waals surface area contributed by atoms with Crippen LogP contribution in [0.4, 0.5) is 0 Å². The Labute approximate surface area is 219 Å². The first-order chi connectivity index (χ1) is 16.3. The molecular weight excluding hydrogens is 471 g/mol. The van der Waals surface area contributed by atoms with Gasteiger partial charge in [-0.1, -0.05) is 55.4 Å². The van der Waals surface area contributed by atoms with Crippen molar-refractivity contribution in [2.24, 2.45) is 62.6 Å². The molecule has 0 aromatic carbocycles. The van der Waals surface area contributed by atoms with E-state index in [4.69, 9.17) is 4.52 Å². The topological polar surface area (TPSA) is 87.0 Å². The molecule has 1 unspecified atom stereocenters. The maximum absolute atomic E-state index is 12.2. The summed E-state index contributed by atoms with van der Waals surface area (Å²) in [5.41, 5.74) is -0.121. The highest BCUT2D eigenvalue weighted by Crippen LogP contribution is 2.78. The fourth-order valence-corrected chi connectivity index (χ4v) is 12.6. The van der Waals surface area contributed by atoms with Crippen LogP contribution in [0.1, 0.15) is 120 Å². The molecule has 5 saturated carbocycles. The summed E-state index contributed by atoms with van der Waals surface area (Å²) in [6.07, 6.45) is 10.5. The van der Waals surface area contributed by atoms with E-state index < -0.39 is 19.0 Å². The van der Waals surface area contributed by atoms with Gasteiger partial charge in [0.15, 0.2) is 5.79 Å². The Balaban J connectivity index is 1.60. The van der Waals surface area contributed by atoms with Crippen LogP contribution in [0, 0.1) is 62.6 Å². The lowest BCUT2D eigenvalue weighted by atomic mass is 9.30.